The molecule has 136 valence electrons. The summed E-state index contributed by atoms with van der Waals surface area (Å²) in [4.78, 5) is 10.9. The number of esters is 1. The molecule has 0 amide bonds. The SMILES string of the molecule is CCC(C)(C)C(=O)OCC(F)(F)S(=O)(=O)S(=O)(=O)c1ccccc1. The Morgan fingerprint density at radius 1 is 1.08 bits per heavy atom. The third kappa shape index (κ3) is 3.75. The number of hydrogen-bond donors (Lipinski definition) is 0. The Kier molecular flexibility index (Phi) is 5.77. The Labute approximate surface area is 139 Å². The lowest BCUT2D eigenvalue weighted by Gasteiger charge is -2.22. The molecule has 1 aromatic rings. The first-order valence-electron chi connectivity index (χ1n) is 6.89. The number of carbonyl (C=O) groups is 1. The maximum absolute atomic E-state index is 14.0. The Balaban J connectivity index is 3.11. The molecule has 0 heterocycles. The van der Waals surface area contributed by atoms with E-state index in [1.807, 2.05) is 0 Å². The van der Waals surface area contributed by atoms with Crippen LogP contribution >= 0.6 is 0 Å². The number of carbonyl (C=O) groups excluding carboxylic acids is 1. The fraction of sp³-hybridized carbons (Fsp3) is 0.500. The van der Waals surface area contributed by atoms with Gasteiger partial charge in [-0.05, 0) is 32.4 Å². The molecule has 0 fully saturated rings. The molecule has 0 aliphatic carbocycles. The van der Waals surface area contributed by atoms with Gasteiger partial charge in [-0.25, -0.2) is 16.8 Å². The molecular weight excluding hydrogens is 366 g/mol. The van der Waals surface area contributed by atoms with Crippen molar-refractivity contribution < 1.29 is 35.1 Å². The van der Waals surface area contributed by atoms with E-state index in [9.17, 15) is 30.4 Å². The molecule has 0 unspecified atom stereocenters. The summed E-state index contributed by atoms with van der Waals surface area (Å²) < 4.78 is 80.1. The highest BCUT2D eigenvalue weighted by Crippen LogP contribution is 2.32. The highest BCUT2D eigenvalue weighted by Gasteiger charge is 2.55. The van der Waals surface area contributed by atoms with Crippen molar-refractivity contribution in [2.45, 2.75) is 37.3 Å². The number of ether oxygens (including phenoxy) is 1. The van der Waals surface area contributed by atoms with Gasteiger partial charge < -0.3 is 4.74 Å². The molecule has 0 saturated heterocycles. The van der Waals surface area contributed by atoms with Gasteiger partial charge in [0.1, 0.15) is 0 Å². The standard InChI is InChI=1S/C14H18F2O6S2/c1-4-13(2,3)12(17)22-10-14(15,16)24(20,21)23(18,19)11-8-6-5-7-9-11/h5-9H,4,10H2,1-3H3. The van der Waals surface area contributed by atoms with Crippen LogP contribution in [0.1, 0.15) is 27.2 Å². The quantitative estimate of drug-likeness (QED) is 0.529. The van der Waals surface area contributed by atoms with Crippen molar-refractivity contribution in [2.75, 3.05) is 6.61 Å². The van der Waals surface area contributed by atoms with E-state index in [1.165, 1.54) is 32.0 Å². The largest absolute Gasteiger partial charge is 0.458 e. The zero-order chi connectivity index (χ0) is 18.8. The van der Waals surface area contributed by atoms with Crippen LogP contribution in [0.15, 0.2) is 35.2 Å². The first-order valence-corrected chi connectivity index (χ1v) is 10.4. The minimum Gasteiger partial charge on any atom is -0.458 e. The van der Waals surface area contributed by atoms with Crippen molar-refractivity contribution in [3.05, 3.63) is 30.3 Å². The fourth-order valence-corrected chi connectivity index (χ4v) is 4.90. The van der Waals surface area contributed by atoms with Gasteiger partial charge in [-0.15, -0.1) is 0 Å². The van der Waals surface area contributed by atoms with Gasteiger partial charge in [-0.1, -0.05) is 25.1 Å². The lowest BCUT2D eigenvalue weighted by Crippen LogP contribution is -2.41. The molecule has 0 atom stereocenters. The smallest absolute Gasteiger partial charge is 0.393 e. The summed E-state index contributed by atoms with van der Waals surface area (Å²) >= 11 is 0. The maximum atomic E-state index is 14.0. The molecule has 6 nitrogen and oxygen atoms in total. The summed E-state index contributed by atoms with van der Waals surface area (Å²) in [5.41, 5.74) is -1.10. The summed E-state index contributed by atoms with van der Waals surface area (Å²) in [6.07, 6.45) is 0.270. The monoisotopic (exact) mass is 384 g/mol. The normalized spacial score (nSPS) is 13.5. The van der Waals surface area contributed by atoms with Gasteiger partial charge in [0.15, 0.2) is 6.61 Å². The van der Waals surface area contributed by atoms with Gasteiger partial charge in [0.05, 0.1) is 10.3 Å². The highest BCUT2D eigenvalue weighted by atomic mass is 33.2. The molecule has 0 bridgehead atoms. The Bertz CT molecular complexity index is 799. The van der Waals surface area contributed by atoms with Crippen molar-refractivity contribution in [1.82, 2.24) is 0 Å². The lowest BCUT2D eigenvalue weighted by atomic mass is 9.91. The third-order valence-corrected chi connectivity index (χ3v) is 8.81. The predicted octanol–water partition coefficient (Wildman–Crippen LogP) is 2.36. The van der Waals surface area contributed by atoms with Crippen LogP contribution in [0.2, 0.25) is 0 Å². The van der Waals surface area contributed by atoms with Crippen LogP contribution in [0.5, 0.6) is 0 Å². The number of hydrogen-bond acceptors (Lipinski definition) is 6. The number of rotatable bonds is 7. The molecule has 1 aromatic carbocycles. The van der Waals surface area contributed by atoms with Crippen LogP contribution in [0.4, 0.5) is 8.78 Å². The van der Waals surface area contributed by atoms with E-state index in [0.717, 1.165) is 12.1 Å². The second-order valence-corrected chi connectivity index (χ2v) is 11.2. The molecule has 24 heavy (non-hydrogen) atoms. The first kappa shape index (κ1) is 20.5. The molecule has 0 aliphatic heterocycles. The van der Waals surface area contributed by atoms with Gasteiger partial charge in [0.25, 0.3) is 8.87 Å². The summed E-state index contributed by atoms with van der Waals surface area (Å²) in [7, 11) is -11.3. The van der Waals surface area contributed by atoms with Crippen molar-refractivity contribution in [1.29, 1.82) is 0 Å². The topological polar surface area (TPSA) is 94.6 Å². The highest BCUT2D eigenvalue weighted by molar-refractivity contribution is 8.67. The van der Waals surface area contributed by atoms with Crippen LogP contribution in [0.3, 0.4) is 0 Å². The van der Waals surface area contributed by atoms with E-state index in [1.54, 1.807) is 6.92 Å². The zero-order valence-electron chi connectivity index (χ0n) is 13.3. The number of alkyl halides is 2. The second kappa shape index (κ2) is 6.75. The van der Waals surface area contributed by atoms with Crippen molar-refractivity contribution >= 4 is 23.7 Å². The number of benzene rings is 1. The van der Waals surface area contributed by atoms with E-state index in [0.29, 0.717) is 0 Å². The van der Waals surface area contributed by atoms with Crippen LogP contribution < -0.4 is 0 Å². The Hall–Kier alpha value is -1.55. The van der Waals surface area contributed by atoms with Crippen molar-refractivity contribution in [3.63, 3.8) is 0 Å². The Morgan fingerprint density at radius 3 is 2.04 bits per heavy atom. The van der Waals surface area contributed by atoms with Crippen molar-refractivity contribution in [2.24, 2.45) is 5.41 Å². The first-order chi connectivity index (χ1) is 10.8. The van der Waals surface area contributed by atoms with E-state index in [2.05, 4.69) is 4.74 Å². The average Bonchev–Trinajstić information content (AvgIpc) is 2.52. The summed E-state index contributed by atoms with van der Waals surface area (Å²) in [6, 6.07) is 5.57. The minimum absolute atomic E-state index is 0.270. The molecule has 0 aromatic heterocycles. The van der Waals surface area contributed by atoms with Gasteiger partial charge >= 0.3 is 20.1 Å². The van der Waals surface area contributed by atoms with E-state index in [-0.39, 0.29) is 6.42 Å². The van der Waals surface area contributed by atoms with Gasteiger partial charge in [0, 0.05) is 0 Å². The predicted molar refractivity (Wildman–Crippen MR) is 82.5 cm³/mol. The van der Waals surface area contributed by atoms with E-state index >= 15 is 0 Å². The average molecular weight is 384 g/mol. The molecule has 0 saturated carbocycles. The third-order valence-electron chi connectivity index (χ3n) is 3.49. The van der Waals surface area contributed by atoms with Crippen LogP contribution in [0.25, 0.3) is 0 Å². The Morgan fingerprint density at radius 2 is 1.58 bits per heavy atom. The molecule has 0 aliphatic rings. The van der Waals surface area contributed by atoms with Gasteiger partial charge in [-0.3, -0.25) is 4.79 Å². The molecular formula is C14H18F2O6S2. The van der Waals surface area contributed by atoms with Gasteiger partial charge in [-0.2, -0.15) is 8.78 Å². The minimum atomic E-state index is -5.98. The molecule has 0 N–H and O–H groups in total. The summed E-state index contributed by atoms with van der Waals surface area (Å²) in [5, 5.41) is -4.78. The zero-order valence-corrected chi connectivity index (χ0v) is 15.0. The van der Waals surface area contributed by atoms with Gasteiger partial charge in [0.2, 0.25) is 0 Å². The molecule has 0 spiro atoms. The molecule has 1 rings (SSSR count). The molecule has 0 radical (unpaired) electrons. The van der Waals surface area contributed by atoms with E-state index in [4.69, 9.17) is 0 Å². The summed E-state index contributed by atoms with van der Waals surface area (Å²) in [6.45, 7) is 2.62. The lowest BCUT2D eigenvalue weighted by molar-refractivity contribution is -0.159. The maximum Gasteiger partial charge on any atom is 0.393 e. The van der Waals surface area contributed by atoms with Crippen LogP contribution in [-0.4, -0.2) is 34.7 Å². The summed E-state index contributed by atoms with van der Waals surface area (Å²) in [5.74, 6) is -1.04. The number of halogens is 2. The molecule has 10 heteroatoms. The van der Waals surface area contributed by atoms with E-state index < -0.39 is 45.9 Å². The van der Waals surface area contributed by atoms with Crippen LogP contribution in [-0.2, 0) is 27.3 Å². The fourth-order valence-electron chi connectivity index (χ4n) is 1.44. The second-order valence-electron chi connectivity index (χ2n) is 5.67. The van der Waals surface area contributed by atoms with Crippen molar-refractivity contribution in [3.8, 4) is 0 Å². The van der Waals surface area contributed by atoms with Crippen LogP contribution in [0, 0.1) is 5.41 Å².